The van der Waals surface area contributed by atoms with Gasteiger partial charge in [0, 0.05) is 0 Å². The van der Waals surface area contributed by atoms with Crippen molar-refractivity contribution in [1.82, 2.24) is 0 Å². The molecule has 0 N–H and O–H groups in total. The summed E-state index contributed by atoms with van der Waals surface area (Å²) in [6.07, 6.45) is 2.97. The van der Waals surface area contributed by atoms with E-state index in [0.717, 1.165) is 24.8 Å². The third kappa shape index (κ3) is 3.83. The van der Waals surface area contributed by atoms with Crippen LogP contribution in [0.4, 0.5) is 0 Å². The largest absolute Gasteiger partial charge is 0.374 e. The highest BCUT2D eigenvalue weighted by molar-refractivity contribution is 7.91. The van der Waals surface area contributed by atoms with Gasteiger partial charge in [-0.1, -0.05) is 31.5 Å². The van der Waals surface area contributed by atoms with E-state index in [9.17, 15) is 8.42 Å². The van der Waals surface area contributed by atoms with E-state index in [1.165, 1.54) is 0 Å². The lowest BCUT2D eigenvalue weighted by atomic mass is 9.97. The van der Waals surface area contributed by atoms with Crippen molar-refractivity contribution in [1.29, 1.82) is 0 Å². The summed E-state index contributed by atoms with van der Waals surface area (Å²) < 4.78 is 30.8. The Balaban J connectivity index is 2.06. The van der Waals surface area contributed by atoms with Crippen molar-refractivity contribution in [3.05, 3.63) is 29.8 Å². The second-order valence-electron chi connectivity index (χ2n) is 6.07. The smallest absolute Gasteiger partial charge is 0.180 e. The maximum absolute atomic E-state index is 12.4. The summed E-state index contributed by atoms with van der Waals surface area (Å²) in [6, 6.07) is 7.05. The van der Waals surface area contributed by atoms with Crippen molar-refractivity contribution < 1.29 is 13.2 Å². The van der Waals surface area contributed by atoms with Gasteiger partial charge in [-0.05, 0) is 44.2 Å². The monoisotopic (exact) mass is 296 g/mol. The molecule has 4 heteroatoms. The molecule has 0 aromatic heterocycles. The molecule has 0 amide bonds. The predicted molar refractivity (Wildman–Crippen MR) is 80.6 cm³/mol. The number of aryl methyl sites for hydroxylation is 1. The first-order chi connectivity index (χ1) is 9.38. The number of benzene rings is 1. The summed E-state index contributed by atoms with van der Waals surface area (Å²) in [6.45, 7) is 6.21. The summed E-state index contributed by atoms with van der Waals surface area (Å²) in [5.41, 5.74) is 1.07. The zero-order chi connectivity index (χ0) is 14.8. The zero-order valence-corrected chi connectivity index (χ0v) is 13.3. The number of rotatable bonds is 4. The summed E-state index contributed by atoms with van der Waals surface area (Å²) in [4.78, 5) is 0.401. The van der Waals surface area contributed by atoms with E-state index in [4.69, 9.17) is 4.74 Å². The molecular formula is C16H24O3S. The van der Waals surface area contributed by atoms with Gasteiger partial charge in [-0.25, -0.2) is 8.42 Å². The minimum atomic E-state index is -3.25. The van der Waals surface area contributed by atoms with Crippen molar-refractivity contribution in [3.63, 3.8) is 0 Å². The van der Waals surface area contributed by atoms with Crippen LogP contribution < -0.4 is 0 Å². The molecule has 1 heterocycles. The first kappa shape index (κ1) is 15.5. The molecule has 1 aliphatic heterocycles. The summed E-state index contributed by atoms with van der Waals surface area (Å²) >= 11 is 0. The quantitative estimate of drug-likeness (QED) is 0.855. The number of sulfone groups is 1. The topological polar surface area (TPSA) is 43.4 Å². The Kier molecular flexibility index (Phi) is 4.86. The molecule has 1 aromatic carbocycles. The molecule has 0 bridgehead atoms. The summed E-state index contributed by atoms with van der Waals surface area (Å²) in [5, 5.41) is 0. The predicted octanol–water partition coefficient (Wildman–Crippen LogP) is 3.36. The van der Waals surface area contributed by atoms with E-state index in [-0.39, 0.29) is 18.0 Å². The molecule has 1 aliphatic rings. The van der Waals surface area contributed by atoms with E-state index >= 15 is 0 Å². The van der Waals surface area contributed by atoms with E-state index in [0.29, 0.717) is 10.8 Å². The van der Waals surface area contributed by atoms with Crippen LogP contribution >= 0.6 is 0 Å². The molecule has 1 aromatic rings. The van der Waals surface area contributed by atoms with Crippen LogP contribution in [-0.2, 0) is 14.6 Å². The summed E-state index contributed by atoms with van der Waals surface area (Å²) in [5.74, 6) is 0.541. The average molecular weight is 296 g/mol. The van der Waals surface area contributed by atoms with Crippen LogP contribution in [0, 0.1) is 12.8 Å². The first-order valence-electron chi connectivity index (χ1n) is 7.33. The van der Waals surface area contributed by atoms with Gasteiger partial charge in [-0.2, -0.15) is 0 Å². The fourth-order valence-corrected chi connectivity index (χ4v) is 4.11. The Bertz CT molecular complexity index is 531. The van der Waals surface area contributed by atoms with Crippen LogP contribution in [0.1, 0.15) is 38.7 Å². The average Bonchev–Trinajstić information content (AvgIpc) is 2.39. The zero-order valence-electron chi connectivity index (χ0n) is 12.5. The Morgan fingerprint density at radius 3 is 2.45 bits per heavy atom. The van der Waals surface area contributed by atoms with Crippen LogP contribution in [0.3, 0.4) is 0 Å². The molecule has 2 atom stereocenters. The Morgan fingerprint density at radius 1 is 1.20 bits per heavy atom. The maximum atomic E-state index is 12.4. The molecule has 0 spiro atoms. The lowest BCUT2D eigenvalue weighted by Crippen LogP contribution is -2.35. The molecule has 0 unspecified atom stereocenters. The van der Waals surface area contributed by atoms with Crippen LogP contribution in [0.25, 0.3) is 0 Å². The van der Waals surface area contributed by atoms with Crippen LogP contribution in [0.5, 0.6) is 0 Å². The van der Waals surface area contributed by atoms with E-state index in [1.54, 1.807) is 12.1 Å². The van der Waals surface area contributed by atoms with Gasteiger partial charge < -0.3 is 4.74 Å². The van der Waals surface area contributed by atoms with Gasteiger partial charge in [-0.15, -0.1) is 0 Å². The van der Waals surface area contributed by atoms with Gasteiger partial charge >= 0.3 is 0 Å². The van der Waals surface area contributed by atoms with Gasteiger partial charge in [-0.3, -0.25) is 0 Å². The molecular weight excluding hydrogens is 272 g/mol. The Hall–Kier alpha value is -0.870. The molecule has 0 radical (unpaired) electrons. The molecule has 2 rings (SSSR count). The van der Waals surface area contributed by atoms with Gasteiger partial charge in [0.05, 0.1) is 22.9 Å². The molecule has 0 saturated carbocycles. The lowest BCUT2D eigenvalue weighted by molar-refractivity contribution is -0.0599. The van der Waals surface area contributed by atoms with Crippen molar-refractivity contribution in [2.45, 2.75) is 57.1 Å². The van der Waals surface area contributed by atoms with Crippen LogP contribution in [0.15, 0.2) is 29.2 Å². The number of hydrogen-bond acceptors (Lipinski definition) is 3. The minimum absolute atomic E-state index is 0.0965. The number of ether oxygens (including phenoxy) is 1. The molecule has 3 nitrogen and oxygen atoms in total. The van der Waals surface area contributed by atoms with E-state index < -0.39 is 9.84 Å². The molecule has 1 fully saturated rings. The summed E-state index contributed by atoms with van der Waals surface area (Å²) in [7, 11) is -3.25. The van der Waals surface area contributed by atoms with Crippen molar-refractivity contribution in [2.24, 2.45) is 5.92 Å². The first-order valence-corrected chi connectivity index (χ1v) is 8.98. The fraction of sp³-hybridized carbons (Fsp3) is 0.625. The second-order valence-corrected chi connectivity index (χ2v) is 8.10. The van der Waals surface area contributed by atoms with Crippen molar-refractivity contribution >= 4 is 9.84 Å². The lowest BCUT2D eigenvalue weighted by Gasteiger charge is -2.32. The van der Waals surface area contributed by atoms with Crippen molar-refractivity contribution in [3.8, 4) is 0 Å². The molecule has 20 heavy (non-hydrogen) atoms. The van der Waals surface area contributed by atoms with Gasteiger partial charge in [0.1, 0.15) is 0 Å². The van der Waals surface area contributed by atoms with Crippen LogP contribution in [0.2, 0.25) is 0 Å². The van der Waals surface area contributed by atoms with E-state index in [1.807, 2.05) is 19.1 Å². The minimum Gasteiger partial charge on any atom is -0.374 e. The van der Waals surface area contributed by atoms with Crippen LogP contribution in [-0.4, -0.2) is 26.4 Å². The van der Waals surface area contributed by atoms with Gasteiger partial charge in [0.25, 0.3) is 0 Å². The molecule has 112 valence electrons. The molecule has 1 saturated heterocycles. The highest BCUT2D eigenvalue weighted by Crippen LogP contribution is 2.26. The highest BCUT2D eigenvalue weighted by atomic mass is 32.2. The standard InChI is InChI=1S/C16H24O3S/c1-12(2)16-6-4-5-14(19-16)11-20(17,18)15-9-7-13(3)8-10-15/h7-10,12,14,16H,4-6,11H2,1-3H3/t14-,16-/m1/s1. The third-order valence-corrected chi connectivity index (χ3v) is 5.71. The number of hydrogen-bond donors (Lipinski definition) is 0. The fourth-order valence-electron chi connectivity index (χ4n) is 2.63. The third-order valence-electron chi connectivity index (χ3n) is 3.91. The Morgan fingerprint density at radius 2 is 1.85 bits per heavy atom. The second kappa shape index (κ2) is 6.27. The highest BCUT2D eigenvalue weighted by Gasteiger charge is 2.29. The Labute approximate surface area is 122 Å². The molecule has 0 aliphatic carbocycles. The van der Waals surface area contributed by atoms with Gasteiger partial charge in [0.15, 0.2) is 9.84 Å². The van der Waals surface area contributed by atoms with E-state index in [2.05, 4.69) is 13.8 Å². The van der Waals surface area contributed by atoms with Gasteiger partial charge in [0.2, 0.25) is 0 Å². The normalized spacial score (nSPS) is 24.0. The SMILES string of the molecule is Cc1ccc(S(=O)(=O)C[C@H]2CCC[C@H](C(C)C)O2)cc1. The van der Waals surface area contributed by atoms with Crippen molar-refractivity contribution in [2.75, 3.05) is 5.75 Å². The maximum Gasteiger partial charge on any atom is 0.180 e.